The number of amides is 1. The first kappa shape index (κ1) is 19.8. The van der Waals surface area contributed by atoms with Crippen LogP contribution in [0.2, 0.25) is 0 Å². The molecule has 0 aliphatic heterocycles. The summed E-state index contributed by atoms with van der Waals surface area (Å²) >= 11 is 0. The van der Waals surface area contributed by atoms with E-state index in [0.717, 1.165) is 29.7 Å². The number of nitrogens with one attached hydrogen (secondary N) is 2. The van der Waals surface area contributed by atoms with Gasteiger partial charge in [0.1, 0.15) is 0 Å². The van der Waals surface area contributed by atoms with Gasteiger partial charge in [0.15, 0.2) is 0 Å². The number of hydrogen-bond acceptors (Lipinski definition) is 2. The van der Waals surface area contributed by atoms with Gasteiger partial charge in [0.25, 0.3) is 0 Å². The van der Waals surface area contributed by atoms with Crippen LogP contribution in [0.3, 0.4) is 0 Å². The summed E-state index contributed by atoms with van der Waals surface area (Å²) in [6.07, 6.45) is 1.79. The Kier molecular flexibility index (Phi) is 6.99. The number of carbonyl (C=O) groups excluding carboxylic acids is 1. The molecule has 0 saturated heterocycles. The smallest absolute Gasteiger partial charge is 0.238 e. The van der Waals surface area contributed by atoms with Crippen molar-refractivity contribution in [3.63, 3.8) is 0 Å². The van der Waals surface area contributed by atoms with Gasteiger partial charge >= 0.3 is 0 Å². The van der Waals surface area contributed by atoms with Gasteiger partial charge in [0.2, 0.25) is 5.91 Å². The second-order valence-corrected chi connectivity index (χ2v) is 6.84. The fourth-order valence-electron chi connectivity index (χ4n) is 3.50. The molecular weight excluding hydrogens is 344 g/mol. The Balaban J connectivity index is 1.75. The van der Waals surface area contributed by atoms with Gasteiger partial charge in [-0.05, 0) is 35.1 Å². The molecule has 0 radical (unpaired) electrons. The second-order valence-electron chi connectivity index (χ2n) is 6.84. The first-order chi connectivity index (χ1) is 13.7. The molecule has 0 unspecified atom stereocenters. The first-order valence-corrected chi connectivity index (χ1v) is 9.96. The molecular formula is C25H28N2O. The quantitative estimate of drug-likeness (QED) is 0.575. The molecule has 2 N–H and O–H groups in total. The van der Waals surface area contributed by atoms with Crippen LogP contribution >= 0.6 is 0 Å². The number of anilines is 1. The predicted molar refractivity (Wildman–Crippen MR) is 117 cm³/mol. The minimum Gasteiger partial charge on any atom is -0.324 e. The molecule has 0 aliphatic carbocycles. The molecule has 3 rings (SSSR count). The lowest BCUT2D eigenvalue weighted by Gasteiger charge is -2.20. The van der Waals surface area contributed by atoms with Crippen LogP contribution in [0.15, 0.2) is 78.9 Å². The number of para-hydroxylation sites is 1. The van der Waals surface area contributed by atoms with Gasteiger partial charge in [-0.15, -0.1) is 0 Å². The monoisotopic (exact) mass is 372 g/mol. The fourth-order valence-corrected chi connectivity index (χ4v) is 3.50. The standard InChI is InChI=1S/C25H28N2O/c1-3-19-16-11-17-20(4-2)25(19)27-23(28)18-26-24(21-12-7-5-8-13-21)22-14-9-6-10-15-22/h5-17,24,26H,3-4,18H2,1-2H3,(H,27,28). The normalized spacial score (nSPS) is 10.8. The summed E-state index contributed by atoms with van der Waals surface area (Å²) in [4.78, 5) is 12.7. The average Bonchev–Trinajstić information content (AvgIpc) is 2.75. The zero-order chi connectivity index (χ0) is 19.8. The summed E-state index contributed by atoms with van der Waals surface area (Å²) in [5.41, 5.74) is 5.61. The highest BCUT2D eigenvalue weighted by Gasteiger charge is 2.16. The molecule has 0 bridgehead atoms. The summed E-state index contributed by atoms with van der Waals surface area (Å²) in [6, 6.07) is 26.7. The van der Waals surface area contributed by atoms with E-state index < -0.39 is 0 Å². The van der Waals surface area contributed by atoms with Crippen molar-refractivity contribution in [3.05, 3.63) is 101 Å². The highest BCUT2D eigenvalue weighted by atomic mass is 16.1. The van der Waals surface area contributed by atoms with Crippen LogP contribution in [0.25, 0.3) is 0 Å². The molecule has 1 amide bonds. The molecule has 0 aromatic heterocycles. The SMILES string of the molecule is CCc1cccc(CC)c1NC(=O)CNC(c1ccccc1)c1ccccc1. The minimum absolute atomic E-state index is 0.0209. The van der Waals surface area contributed by atoms with E-state index in [4.69, 9.17) is 0 Å². The van der Waals surface area contributed by atoms with Crippen molar-refractivity contribution in [1.29, 1.82) is 0 Å². The van der Waals surface area contributed by atoms with E-state index in [0.29, 0.717) is 0 Å². The van der Waals surface area contributed by atoms with Crippen LogP contribution in [-0.4, -0.2) is 12.5 Å². The Morgan fingerprint density at radius 2 is 1.25 bits per heavy atom. The Labute approximate surface area is 167 Å². The van der Waals surface area contributed by atoms with Gasteiger partial charge in [-0.3, -0.25) is 10.1 Å². The van der Waals surface area contributed by atoms with Gasteiger partial charge in [-0.25, -0.2) is 0 Å². The summed E-state index contributed by atoms with van der Waals surface area (Å²) in [5, 5.41) is 6.57. The van der Waals surface area contributed by atoms with E-state index in [1.807, 2.05) is 36.4 Å². The van der Waals surface area contributed by atoms with Crippen molar-refractivity contribution < 1.29 is 4.79 Å². The van der Waals surface area contributed by atoms with Crippen molar-refractivity contribution in [1.82, 2.24) is 5.32 Å². The Bertz CT molecular complexity index is 829. The Morgan fingerprint density at radius 1 is 0.750 bits per heavy atom. The highest BCUT2D eigenvalue weighted by molar-refractivity contribution is 5.94. The van der Waals surface area contributed by atoms with Crippen molar-refractivity contribution in [3.8, 4) is 0 Å². The summed E-state index contributed by atoms with van der Waals surface area (Å²) in [7, 11) is 0. The van der Waals surface area contributed by atoms with Gasteiger partial charge in [0, 0.05) is 5.69 Å². The van der Waals surface area contributed by atoms with Crippen LogP contribution < -0.4 is 10.6 Å². The lowest BCUT2D eigenvalue weighted by atomic mass is 9.99. The largest absolute Gasteiger partial charge is 0.324 e. The predicted octanol–water partition coefficient (Wildman–Crippen LogP) is 5.13. The number of hydrogen-bond donors (Lipinski definition) is 2. The Morgan fingerprint density at radius 3 is 1.71 bits per heavy atom. The fraction of sp³-hybridized carbons (Fsp3) is 0.240. The molecule has 3 nitrogen and oxygen atoms in total. The van der Waals surface area contributed by atoms with Crippen LogP contribution in [0.4, 0.5) is 5.69 Å². The van der Waals surface area contributed by atoms with E-state index in [1.165, 1.54) is 11.1 Å². The summed E-state index contributed by atoms with van der Waals surface area (Å²) in [5.74, 6) is -0.0209. The van der Waals surface area contributed by atoms with Crippen LogP contribution in [0.5, 0.6) is 0 Å². The molecule has 0 heterocycles. The lowest BCUT2D eigenvalue weighted by molar-refractivity contribution is -0.115. The highest BCUT2D eigenvalue weighted by Crippen LogP contribution is 2.23. The maximum atomic E-state index is 12.7. The van der Waals surface area contributed by atoms with E-state index in [-0.39, 0.29) is 18.5 Å². The lowest BCUT2D eigenvalue weighted by Crippen LogP contribution is -2.32. The van der Waals surface area contributed by atoms with E-state index >= 15 is 0 Å². The maximum Gasteiger partial charge on any atom is 0.238 e. The van der Waals surface area contributed by atoms with E-state index in [9.17, 15) is 4.79 Å². The van der Waals surface area contributed by atoms with Gasteiger partial charge < -0.3 is 5.32 Å². The molecule has 3 heteroatoms. The molecule has 0 atom stereocenters. The molecule has 3 aromatic carbocycles. The maximum absolute atomic E-state index is 12.7. The van der Waals surface area contributed by atoms with E-state index in [2.05, 4.69) is 66.9 Å². The van der Waals surface area contributed by atoms with Crippen molar-refractivity contribution in [2.24, 2.45) is 0 Å². The van der Waals surface area contributed by atoms with Crippen molar-refractivity contribution in [2.75, 3.05) is 11.9 Å². The molecule has 0 saturated carbocycles. The average molecular weight is 373 g/mol. The van der Waals surface area contributed by atoms with Gasteiger partial charge in [0.05, 0.1) is 12.6 Å². The summed E-state index contributed by atoms with van der Waals surface area (Å²) < 4.78 is 0. The third-order valence-electron chi connectivity index (χ3n) is 5.00. The van der Waals surface area contributed by atoms with Gasteiger partial charge in [-0.2, -0.15) is 0 Å². The number of benzene rings is 3. The topological polar surface area (TPSA) is 41.1 Å². The first-order valence-electron chi connectivity index (χ1n) is 9.96. The van der Waals surface area contributed by atoms with Crippen LogP contribution in [0, 0.1) is 0 Å². The Hall–Kier alpha value is -2.91. The number of carbonyl (C=O) groups is 1. The van der Waals surface area contributed by atoms with Crippen molar-refractivity contribution in [2.45, 2.75) is 32.7 Å². The molecule has 144 valence electrons. The zero-order valence-electron chi connectivity index (χ0n) is 16.6. The summed E-state index contributed by atoms with van der Waals surface area (Å²) in [6.45, 7) is 4.47. The van der Waals surface area contributed by atoms with Crippen molar-refractivity contribution >= 4 is 11.6 Å². The number of aryl methyl sites for hydroxylation is 2. The zero-order valence-corrected chi connectivity index (χ0v) is 16.6. The molecule has 0 spiro atoms. The third kappa shape index (κ3) is 4.87. The molecule has 0 fully saturated rings. The molecule has 3 aromatic rings. The second kappa shape index (κ2) is 9.86. The van der Waals surface area contributed by atoms with E-state index in [1.54, 1.807) is 0 Å². The molecule has 0 aliphatic rings. The third-order valence-corrected chi connectivity index (χ3v) is 5.00. The number of rotatable bonds is 8. The van der Waals surface area contributed by atoms with Crippen LogP contribution in [-0.2, 0) is 17.6 Å². The van der Waals surface area contributed by atoms with Crippen LogP contribution in [0.1, 0.15) is 42.1 Å². The molecule has 28 heavy (non-hydrogen) atoms. The minimum atomic E-state index is -0.0276. The van der Waals surface area contributed by atoms with Gasteiger partial charge in [-0.1, -0.05) is 92.7 Å².